The second kappa shape index (κ2) is 2.92. The quantitative estimate of drug-likeness (QED) is 0.551. The Balaban J connectivity index is 2.48. The van der Waals surface area contributed by atoms with Crippen LogP contribution in [0.5, 0.6) is 0 Å². The SMILES string of the molecule is O=C1C=CC(=O)C2=C1CCCC2O. The monoisotopic (exact) mass is 178 g/mol. The van der Waals surface area contributed by atoms with Gasteiger partial charge in [0.1, 0.15) is 0 Å². The van der Waals surface area contributed by atoms with E-state index in [2.05, 4.69) is 0 Å². The molecule has 0 aromatic heterocycles. The van der Waals surface area contributed by atoms with Gasteiger partial charge >= 0.3 is 0 Å². The summed E-state index contributed by atoms with van der Waals surface area (Å²) in [4.78, 5) is 22.6. The van der Waals surface area contributed by atoms with Crippen LogP contribution in [0.15, 0.2) is 23.3 Å². The third-order valence-electron chi connectivity index (χ3n) is 2.51. The standard InChI is InChI=1S/C10H10O3/c11-7-4-5-9(13)10-6(7)2-1-3-8(10)12/h4-5,8,12H,1-3H2. The summed E-state index contributed by atoms with van der Waals surface area (Å²) in [5, 5.41) is 9.53. The normalized spacial score (nSPS) is 27.9. The van der Waals surface area contributed by atoms with E-state index in [1.165, 1.54) is 12.2 Å². The first-order valence-corrected chi connectivity index (χ1v) is 4.38. The molecule has 2 aliphatic rings. The van der Waals surface area contributed by atoms with Crippen molar-refractivity contribution in [1.29, 1.82) is 0 Å². The second-order valence-electron chi connectivity index (χ2n) is 3.36. The number of allylic oxidation sites excluding steroid dienone is 3. The van der Waals surface area contributed by atoms with Crippen molar-refractivity contribution >= 4 is 11.6 Å². The van der Waals surface area contributed by atoms with E-state index in [1.54, 1.807) is 0 Å². The van der Waals surface area contributed by atoms with Crippen molar-refractivity contribution in [3.63, 3.8) is 0 Å². The van der Waals surface area contributed by atoms with Crippen LogP contribution in [0.25, 0.3) is 0 Å². The van der Waals surface area contributed by atoms with Crippen LogP contribution in [-0.2, 0) is 9.59 Å². The van der Waals surface area contributed by atoms with E-state index < -0.39 is 6.10 Å². The first-order valence-electron chi connectivity index (χ1n) is 4.38. The van der Waals surface area contributed by atoms with Crippen molar-refractivity contribution in [1.82, 2.24) is 0 Å². The van der Waals surface area contributed by atoms with Gasteiger partial charge in [0.05, 0.1) is 6.10 Å². The van der Waals surface area contributed by atoms with Gasteiger partial charge in [-0.05, 0) is 31.4 Å². The van der Waals surface area contributed by atoms with Crippen molar-refractivity contribution in [3.05, 3.63) is 23.3 Å². The van der Waals surface area contributed by atoms with Crippen molar-refractivity contribution in [2.45, 2.75) is 25.4 Å². The van der Waals surface area contributed by atoms with Crippen molar-refractivity contribution in [2.24, 2.45) is 0 Å². The topological polar surface area (TPSA) is 54.4 Å². The molecule has 0 saturated heterocycles. The first kappa shape index (κ1) is 8.38. The van der Waals surface area contributed by atoms with E-state index in [0.717, 1.165) is 6.42 Å². The van der Waals surface area contributed by atoms with Crippen molar-refractivity contribution in [2.75, 3.05) is 0 Å². The molecule has 0 aromatic carbocycles. The first-order chi connectivity index (χ1) is 6.20. The average Bonchev–Trinajstić information content (AvgIpc) is 2.12. The van der Waals surface area contributed by atoms with Crippen LogP contribution < -0.4 is 0 Å². The molecule has 0 saturated carbocycles. The smallest absolute Gasteiger partial charge is 0.184 e. The fourth-order valence-electron chi connectivity index (χ4n) is 1.86. The van der Waals surface area contributed by atoms with E-state index in [9.17, 15) is 14.7 Å². The highest BCUT2D eigenvalue weighted by Crippen LogP contribution is 2.29. The number of hydrogen-bond donors (Lipinski definition) is 1. The summed E-state index contributed by atoms with van der Waals surface area (Å²) in [7, 11) is 0. The Kier molecular flexibility index (Phi) is 1.88. The molecule has 0 aromatic rings. The molecule has 0 spiro atoms. The largest absolute Gasteiger partial charge is 0.388 e. The lowest BCUT2D eigenvalue weighted by molar-refractivity contribution is -0.116. The van der Waals surface area contributed by atoms with Crippen LogP contribution >= 0.6 is 0 Å². The molecule has 13 heavy (non-hydrogen) atoms. The Bertz CT molecular complexity index is 336. The van der Waals surface area contributed by atoms with Crippen LogP contribution in [0, 0.1) is 0 Å². The zero-order chi connectivity index (χ0) is 9.42. The number of carbonyl (C=O) groups excluding carboxylic acids is 2. The Hall–Kier alpha value is -1.22. The number of ketones is 2. The minimum absolute atomic E-state index is 0.117. The van der Waals surface area contributed by atoms with Gasteiger partial charge in [-0.15, -0.1) is 0 Å². The zero-order valence-electron chi connectivity index (χ0n) is 7.12. The number of aliphatic hydroxyl groups excluding tert-OH is 1. The molecule has 0 bridgehead atoms. The molecule has 1 atom stereocenters. The van der Waals surface area contributed by atoms with Gasteiger partial charge in [-0.1, -0.05) is 0 Å². The average molecular weight is 178 g/mol. The minimum Gasteiger partial charge on any atom is -0.388 e. The van der Waals surface area contributed by atoms with Crippen LogP contribution in [0.2, 0.25) is 0 Å². The molecule has 2 rings (SSSR count). The Morgan fingerprint density at radius 2 is 1.92 bits per heavy atom. The molecular formula is C10H10O3. The van der Waals surface area contributed by atoms with Gasteiger partial charge in [0.2, 0.25) is 0 Å². The fourth-order valence-corrected chi connectivity index (χ4v) is 1.86. The molecule has 1 N–H and O–H groups in total. The van der Waals surface area contributed by atoms with E-state index in [1.807, 2.05) is 0 Å². The molecule has 2 aliphatic carbocycles. The summed E-state index contributed by atoms with van der Waals surface area (Å²) in [6.45, 7) is 0. The zero-order valence-corrected chi connectivity index (χ0v) is 7.12. The van der Waals surface area contributed by atoms with E-state index in [4.69, 9.17) is 0 Å². The van der Waals surface area contributed by atoms with E-state index >= 15 is 0 Å². The number of carbonyl (C=O) groups is 2. The lowest BCUT2D eigenvalue weighted by Crippen LogP contribution is -2.27. The number of rotatable bonds is 0. The van der Waals surface area contributed by atoms with Gasteiger partial charge in [0.15, 0.2) is 11.6 Å². The highest BCUT2D eigenvalue weighted by molar-refractivity contribution is 6.20. The van der Waals surface area contributed by atoms with Crippen LogP contribution in [-0.4, -0.2) is 22.8 Å². The van der Waals surface area contributed by atoms with Gasteiger partial charge in [-0.3, -0.25) is 9.59 Å². The molecule has 68 valence electrons. The lowest BCUT2D eigenvalue weighted by Gasteiger charge is -2.23. The molecule has 0 aliphatic heterocycles. The maximum absolute atomic E-state index is 11.3. The van der Waals surface area contributed by atoms with Crippen LogP contribution in [0.4, 0.5) is 0 Å². The predicted octanol–water partition coefficient (Wildman–Crippen LogP) is 0.536. The van der Waals surface area contributed by atoms with Gasteiger partial charge in [0.25, 0.3) is 0 Å². The van der Waals surface area contributed by atoms with Gasteiger partial charge in [0, 0.05) is 11.1 Å². The second-order valence-corrected chi connectivity index (χ2v) is 3.36. The molecule has 0 heterocycles. The Morgan fingerprint density at radius 1 is 1.23 bits per heavy atom. The van der Waals surface area contributed by atoms with E-state index in [0.29, 0.717) is 24.0 Å². The molecule has 1 unspecified atom stereocenters. The molecular weight excluding hydrogens is 168 g/mol. The summed E-state index contributed by atoms with van der Waals surface area (Å²) in [6.07, 6.45) is 3.81. The van der Waals surface area contributed by atoms with Gasteiger partial charge < -0.3 is 5.11 Å². The van der Waals surface area contributed by atoms with Crippen molar-refractivity contribution in [3.8, 4) is 0 Å². The van der Waals surface area contributed by atoms with Crippen LogP contribution in [0.3, 0.4) is 0 Å². The Morgan fingerprint density at radius 3 is 2.62 bits per heavy atom. The third kappa shape index (κ3) is 1.25. The van der Waals surface area contributed by atoms with E-state index in [-0.39, 0.29) is 11.6 Å². The maximum Gasteiger partial charge on any atom is 0.184 e. The van der Waals surface area contributed by atoms with Crippen LogP contribution in [0.1, 0.15) is 19.3 Å². The molecule has 3 nitrogen and oxygen atoms in total. The summed E-state index contributed by atoms with van der Waals surface area (Å²) in [5.74, 6) is -0.324. The highest BCUT2D eigenvalue weighted by atomic mass is 16.3. The summed E-state index contributed by atoms with van der Waals surface area (Å²) in [6, 6.07) is 0. The van der Waals surface area contributed by atoms with Crippen molar-refractivity contribution < 1.29 is 14.7 Å². The van der Waals surface area contributed by atoms with Gasteiger partial charge in [-0.25, -0.2) is 0 Å². The molecule has 0 amide bonds. The summed E-state index contributed by atoms with van der Waals surface area (Å²) in [5.41, 5.74) is 0.852. The Labute approximate surface area is 75.8 Å². The third-order valence-corrected chi connectivity index (χ3v) is 2.51. The summed E-state index contributed by atoms with van der Waals surface area (Å²) < 4.78 is 0. The molecule has 0 radical (unpaired) electrons. The number of hydrogen-bond acceptors (Lipinski definition) is 3. The lowest BCUT2D eigenvalue weighted by atomic mass is 9.82. The maximum atomic E-state index is 11.3. The molecule has 3 heteroatoms. The summed E-state index contributed by atoms with van der Waals surface area (Å²) >= 11 is 0. The molecule has 0 fully saturated rings. The fraction of sp³-hybridized carbons (Fsp3) is 0.400. The van der Waals surface area contributed by atoms with Gasteiger partial charge in [-0.2, -0.15) is 0 Å². The minimum atomic E-state index is -0.731. The number of aliphatic hydroxyl groups is 1. The highest BCUT2D eigenvalue weighted by Gasteiger charge is 2.30. The predicted molar refractivity (Wildman–Crippen MR) is 46.0 cm³/mol.